The number of hydrogen-bond donors (Lipinski definition) is 1. The molecule has 29 heavy (non-hydrogen) atoms. The number of rotatable bonds is 3. The van der Waals surface area contributed by atoms with Crippen LogP contribution in [0.2, 0.25) is 0 Å². The molecule has 1 N–H and O–H groups in total. The first-order chi connectivity index (χ1) is 13.6. The summed E-state index contributed by atoms with van der Waals surface area (Å²) in [6, 6.07) is 9.42. The fraction of sp³-hybridized carbons (Fsp3) is 0.400. The molecule has 0 bridgehead atoms. The van der Waals surface area contributed by atoms with E-state index in [1.807, 2.05) is 26.0 Å². The van der Waals surface area contributed by atoms with Gasteiger partial charge in [-0.05, 0) is 94.8 Å². The smallest absolute Gasteiger partial charge is 0.189 e. The van der Waals surface area contributed by atoms with Gasteiger partial charge in [0.15, 0.2) is 5.78 Å². The van der Waals surface area contributed by atoms with Gasteiger partial charge in [0, 0.05) is 5.56 Å². The number of ether oxygens (including phenoxy) is 2. The van der Waals surface area contributed by atoms with Crippen molar-refractivity contribution in [3.8, 4) is 17.2 Å². The Kier molecular flexibility index (Phi) is 4.68. The molecule has 4 heteroatoms. The summed E-state index contributed by atoms with van der Waals surface area (Å²) in [5, 5.41) is 10.6. The van der Waals surface area contributed by atoms with Gasteiger partial charge in [0.25, 0.3) is 0 Å². The van der Waals surface area contributed by atoms with Gasteiger partial charge in [0.05, 0.1) is 5.56 Å². The van der Waals surface area contributed by atoms with Gasteiger partial charge in [-0.2, -0.15) is 0 Å². The maximum absolute atomic E-state index is 12.7. The van der Waals surface area contributed by atoms with Crippen molar-refractivity contribution in [1.29, 1.82) is 0 Å². The van der Waals surface area contributed by atoms with Crippen LogP contribution >= 0.6 is 0 Å². The molecule has 152 valence electrons. The molecule has 0 spiro atoms. The third-order valence-electron chi connectivity index (χ3n) is 5.76. The molecule has 2 aromatic carbocycles. The van der Waals surface area contributed by atoms with E-state index in [0.29, 0.717) is 17.7 Å². The van der Waals surface area contributed by atoms with Crippen LogP contribution in [0.25, 0.3) is 6.08 Å². The maximum atomic E-state index is 12.7. The Balaban J connectivity index is 1.54. The van der Waals surface area contributed by atoms with Gasteiger partial charge < -0.3 is 14.6 Å². The quantitative estimate of drug-likeness (QED) is 0.554. The van der Waals surface area contributed by atoms with E-state index in [9.17, 15) is 9.90 Å². The summed E-state index contributed by atoms with van der Waals surface area (Å²) in [6.07, 6.45) is 6.73. The zero-order valence-corrected chi connectivity index (χ0v) is 17.5. The number of fused-ring (bicyclic) bond motifs is 2. The molecule has 0 fully saturated rings. The molecule has 4 nitrogen and oxygen atoms in total. The van der Waals surface area contributed by atoms with Crippen molar-refractivity contribution in [2.45, 2.75) is 64.6 Å². The van der Waals surface area contributed by atoms with Gasteiger partial charge in [-0.1, -0.05) is 12.1 Å². The van der Waals surface area contributed by atoms with E-state index in [2.05, 4.69) is 19.9 Å². The van der Waals surface area contributed by atoms with Crippen LogP contribution in [0.5, 0.6) is 17.2 Å². The molecule has 0 atom stereocenters. The highest BCUT2D eigenvalue weighted by Gasteiger charge is 2.30. The van der Waals surface area contributed by atoms with Crippen LogP contribution in [-0.2, 0) is 12.8 Å². The highest BCUT2D eigenvalue weighted by molar-refractivity contribution is 6.09. The Morgan fingerprint density at radius 1 is 0.966 bits per heavy atom. The Morgan fingerprint density at radius 3 is 2.38 bits per heavy atom. The molecule has 2 heterocycles. The molecule has 0 saturated carbocycles. The Bertz CT molecular complexity index is 998. The molecule has 0 amide bonds. The van der Waals surface area contributed by atoms with Crippen molar-refractivity contribution >= 4 is 11.9 Å². The molecule has 0 aliphatic carbocycles. The van der Waals surface area contributed by atoms with Crippen molar-refractivity contribution in [2.75, 3.05) is 0 Å². The van der Waals surface area contributed by atoms with Gasteiger partial charge in [0.2, 0.25) is 0 Å². The number of hydrogen-bond acceptors (Lipinski definition) is 4. The lowest BCUT2D eigenvalue weighted by Gasteiger charge is -2.33. The SMILES string of the molecule is CC1(C)CCc2cc(C=CC(=O)c3ccc4c(c3O)CCC(C)(C)O4)ccc2O1. The second-order valence-electron chi connectivity index (χ2n) is 9.23. The zero-order chi connectivity index (χ0) is 20.8. The number of carbonyl (C=O) groups excluding carboxylic acids is 1. The summed E-state index contributed by atoms with van der Waals surface area (Å²) in [5.41, 5.74) is 2.75. The molecule has 2 aliphatic heterocycles. The number of aromatic hydroxyl groups is 1. The zero-order valence-electron chi connectivity index (χ0n) is 17.5. The predicted molar refractivity (Wildman–Crippen MR) is 114 cm³/mol. The van der Waals surface area contributed by atoms with Gasteiger partial charge in [-0.25, -0.2) is 0 Å². The monoisotopic (exact) mass is 392 g/mol. The van der Waals surface area contributed by atoms with Crippen molar-refractivity contribution in [2.24, 2.45) is 0 Å². The molecule has 0 aromatic heterocycles. The molecule has 0 radical (unpaired) electrons. The van der Waals surface area contributed by atoms with Crippen LogP contribution in [0.3, 0.4) is 0 Å². The Morgan fingerprint density at radius 2 is 1.62 bits per heavy atom. The van der Waals surface area contributed by atoms with Crippen LogP contribution in [-0.4, -0.2) is 22.1 Å². The minimum absolute atomic E-state index is 0.0359. The number of ketones is 1. The van der Waals surface area contributed by atoms with Crippen LogP contribution in [0, 0.1) is 0 Å². The highest BCUT2D eigenvalue weighted by atomic mass is 16.5. The largest absolute Gasteiger partial charge is 0.507 e. The van der Waals surface area contributed by atoms with E-state index in [1.54, 1.807) is 18.2 Å². The molecular formula is C25H28O4. The van der Waals surface area contributed by atoms with Gasteiger partial charge in [-0.3, -0.25) is 4.79 Å². The summed E-state index contributed by atoms with van der Waals surface area (Å²) in [6.45, 7) is 8.25. The van der Waals surface area contributed by atoms with E-state index >= 15 is 0 Å². The Labute approximate surface area is 172 Å². The van der Waals surface area contributed by atoms with Crippen LogP contribution in [0.1, 0.15) is 67.6 Å². The normalized spacial score (nSPS) is 19.0. The van der Waals surface area contributed by atoms with E-state index in [1.165, 1.54) is 6.08 Å². The molecule has 4 rings (SSSR count). The van der Waals surface area contributed by atoms with E-state index in [-0.39, 0.29) is 22.7 Å². The summed E-state index contributed by atoms with van der Waals surface area (Å²) in [5.74, 6) is 1.40. The lowest BCUT2D eigenvalue weighted by Crippen LogP contribution is -2.32. The summed E-state index contributed by atoms with van der Waals surface area (Å²) in [7, 11) is 0. The molecule has 2 aliphatic rings. The van der Waals surface area contributed by atoms with Crippen LogP contribution in [0.4, 0.5) is 0 Å². The van der Waals surface area contributed by atoms with Gasteiger partial charge in [-0.15, -0.1) is 0 Å². The number of aryl methyl sites for hydroxylation is 1. The molecule has 0 unspecified atom stereocenters. The summed E-state index contributed by atoms with van der Waals surface area (Å²) >= 11 is 0. The van der Waals surface area contributed by atoms with E-state index < -0.39 is 0 Å². The third-order valence-corrected chi connectivity index (χ3v) is 5.76. The minimum atomic E-state index is -0.254. The summed E-state index contributed by atoms with van der Waals surface area (Å²) < 4.78 is 11.9. The lowest BCUT2D eigenvalue weighted by molar-refractivity contribution is 0.0834. The minimum Gasteiger partial charge on any atom is -0.507 e. The van der Waals surface area contributed by atoms with Crippen molar-refractivity contribution < 1.29 is 19.4 Å². The number of carbonyl (C=O) groups is 1. The second kappa shape index (κ2) is 6.94. The first kappa shape index (κ1) is 19.6. The van der Waals surface area contributed by atoms with Gasteiger partial charge in [0.1, 0.15) is 28.5 Å². The first-order valence-electron chi connectivity index (χ1n) is 10.2. The standard InChI is InChI=1S/C25H28O4/c1-24(2)13-11-17-15-16(6-9-21(17)28-24)5-8-20(26)18-7-10-22-19(23(18)27)12-14-25(3,4)29-22/h5-10,15,27H,11-14H2,1-4H3. The lowest BCUT2D eigenvalue weighted by atomic mass is 9.91. The van der Waals surface area contributed by atoms with E-state index in [4.69, 9.17) is 9.47 Å². The van der Waals surface area contributed by atoms with Crippen molar-refractivity contribution in [3.63, 3.8) is 0 Å². The average Bonchev–Trinajstić information content (AvgIpc) is 2.65. The number of benzene rings is 2. The first-order valence-corrected chi connectivity index (χ1v) is 10.2. The van der Waals surface area contributed by atoms with Crippen molar-refractivity contribution in [1.82, 2.24) is 0 Å². The number of phenolic OH excluding ortho intramolecular Hbond substituents is 1. The predicted octanol–water partition coefficient (Wildman–Crippen LogP) is 5.50. The van der Waals surface area contributed by atoms with E-state index in [0.717, 1.165) is 41.7 Å². The second-order valence-corrected chi connectivity index (χ2v) is 9.23. The maximum Gasteiger partial charge on any atom is 0.189 e. The molecular weight excluding hydrogens is 364 g/mol. The van der Waals surface area contributed by atoms with Crippen LogP contribution in [0.15, 0.2) is 36.4 Å². The van der Waals surface area contributed by atoms with Crippen LogP contribution < -0.4 is 9.47 Å². The summed E-state index contributed by atoms with van der Waals surface area (Å²) in [4.78, 5) is 12.7. The molecule has 0 saturated heterocycles. The van der Waals surface area contributed by atoms with Gasteiger partial charge >= 0.3 is 0 Å². The highest BCUT2D eigenvalue weighted by Crippen LogP contribution is 2.40. The number of allylic oxidation sites excluding steroid dienone is 1. The fourth-order valence-corrected chi connectivity index (χ4v) is 3.97. The molecule has 2 aromatic rings. The Hall–Kier alpha value is -2.75. The topological polar surface area (TPSA) is 55.8 Å². The number of phenols is 1. The average molecular weight is 392 g/mol. The third kappa shape index (κ3) is 4.02. The fourth-order valence-electron chi connectivity index (χ4n) is 3.97. The van der Waals surface area contributed by atoms with Crippen molar-refractivity contribution in [3.05, 3.63) is 58.7 Å².